The zero-order chi connectivity index (χ0) is 12.0. The second-order valence-corrected chi connectivity index (χ2v) is 3.28. The number of aromatic nitrogens is 1. The number of aliphatic hydroxyl groups is 1. The summed E-state index contributed by atoms with van der Waals surface area (Å²) in [6, 6.07) is 1.86. The number of nitrogens with zero attached hydrogens (tertiary/aromatic N) is 1. The Labute approximate surface area is 94.6 Å². The lowest BCUT2D eigenvalue weighted by molar-refractivity contribution is -0.137. The molecule has 1 aromatic heterocycles. The van der Waals surface area contributed by atoms with Gasteiger partial charge in [-0.05, 0) is 37.1 Å². The second-order valence-electron chi connectivity index (χ2n) is 3.28. The van der Waals surface area contributed by atoms with Crippen molar-refractivity contribution in [3.63, 3.8) is 0 Å². The van der Waals surface area contributed by atoms with Crippen molar-refractivity contribution in [1.29, 1.82) is 0 Å². The van der Waals surface area contributed by atoms with Gasteiger partial charge in [0.25, 0.3) is 0 Å². The fraction of sp³-hybridized carbons (Fsp3) is 0.333. The molecule has 4 heteroatoms. The highest BCUT2D eigenvalue weighted by Gasteiger charge is 1.99. The highest BCUT2D eigenvalue weighted by molar-refractivity contribution is 5.86. The highest BCUT2D eigenvalue weighted by atomic mass is 16.5. The molecule has 86 valence electrons. The minimum atomic E-state index is -0.369. The summed E-state index contributed by atoms with van der Waals surface area (Å²) in [6.45, 7) is 3.91. The number of hydrogen-bond acceptors (Lipinski definition) is 4. The Bertz CT molecular complexity index is 399. The number of ether oxygens (including phenoxy) is 1. The lowest BCUT2D eigenvalue weighted by Gasteiger charge is -2.02. The molecule has 0 unspecified atom stereocenters. The number of esters is 1. The van der Waals surface area contributed by atoms with Gasteiger partial charge in [0.2, 0.25) is 0 Å². The maximum atomic E-state index is 11.1. The molecular weight excluding hydrogens is 206 g/mol. The number of aryl methyl sites for hydroxylation is 1. The molecule has 0 bridgehead atoms. The van der Waals surface area contributed by atoms with Crippen molar-refractivity contribution >= 4 is 12.0 Å². The second kappa shape index (κ2) is 6.02. The van der Waals surface area contributed by atoms with E-state index in [4.69, 9.17) is 9.84 Å². The van der Waals surface area contributed by atoms with Crippen LogP contribution in [0.25, 0.3) is 6.08 Å². The Kier molecular flexibility index (Phi) is 4.66. The maximum absolute atomic E-state index is 11.1. The van der Waals surface area contributed by atoms with Crippen molar-refractivity contribution in [3.8, 4) is 0 Å². The van der Waals surface area contributed by atoms with Gasteiger partial charge in [0, 0.05) is 12.3 Å². The van der Waals surface area contributed by atoms with E-state index >= 15 is 0 Å². The molecule has 0 fully saturated rings. The van der Waals surface area contributed by atoms with Crippen LogP contribution in [0.2, 0.25) is 0 Å². The van der Waals surface area contributed by atoms with E-state index in [1.54, 1.807) is 19.2 Å². The Morgan fingerprint density at radius 3 is 2.94 bits per heavy atom. The van der Waals surface area contributed by atoms with Gasteiger partial charge in [0.05, 0.1) is 18.9 Å². The van der Waals surface area contributed by atoms with Crippen molar-refractivity contribution in [2.75, 3.05) is 6.61 Å². The fourth-order valence-electron chi connectivity index (χ4n) is 1.24. The zero-order valence-electron chi connectivity index (χ0n) is 9.43. The zero-order valence-corrected chi connectivity index (χ0v) is 9.43. The van der Waals surface area contributed by atoms with E-state index in [0.717, 1.165) is 11.1 Å². The van der Waals surface area contributed by atoms with E-state index in [1.165, 1.54) is 6.08 Å². The van der Waals surface area contributed by atoms with Crippen LogP contribution in [0.15, 0.2) is 18.3 Å². The lowest BCUT2D eigenvalue weighted by atomic mass is 10.1. The minimum Gasteiger partial charge on any atom is -0.463 e. The minimum absolute atomic E-state index is 0.0757. The van der Waals surface area contributed by atoms with Crippen LogP contribution in [0.3, 0.4) is 0 Å². The molecule has 1 heterocycles. The summed E-state index contributed by atoms with van der Waals surface area (Å²) in [5.74, 6) is -0.369. The maximum Gasteiger partial charge on any atom is 0.330 e. The first kappa shape index (κ1) is 12.4. The van der Waals surface area contributed by atoms with Crippen molar-refractivity contribution in [3.05, 3.63) is 35.2 Å². The molecule has 0 spiro atoms. The molecule has 0 saturated heterocycles. The predicted molar refractivity (Wildman–Crippen MR) is 60.6 cm³/mol. The van der Waals surface area contributed by atoms with Gasteiger partial charge < -0.3 is 9.84 Å². The van der Waals surface area contributed by atoms with Gasteiger partial charge >= 0.3 is 5.97 Å². The molecule has 16 heavy (non-hydrogen) atoms. The van der Waals surface area contributed by atoms with Crippen LogP contribution in [0.5, 0.6) is 0 Å². The van der Waals surface area contributed by atoms with Crippen molar-refractivity contribution in [2.24, 2.45) is 0 Å². The number of carbonyl (C=O) groups excluding carboxylic acids is 1. The fourth-order valence-corrected chi connectivity index (χ4v) is 1.24. The molecule has 0 radical (unpaired) electrons. The van der Waals surface area contributed by atoms with Crippen LogP contribution in [0.1, 0.15) is 23.7 Å². The Morgan fingerprint density at radius 2 is 2.38 bits per heavy atom. The molecule has 4 nitrogen and oxygen atoms in total. The summed E-state index contributed by atoms with van der Waals surface area (Å²) in [4.78, 5) is 15.1. The number of rotatable bonds is 4. The highest BCUT2D eigenvalue weighted by Crippen LogP contribution is 2.09. The first-order valence-electron chi connectivity index (χ1n) is 5.08. The van der Waals surface area contributed by atoms with Gasteiger partial charge in [0.15, 0.2) is 0 Å². The van der Waals surface area contributed by atoms with E-state index in [0.29, 0.717) is 12.3 Å². The first-order valence-corrected chi connectivity index (χ1v) is 5.08. The number of pyridine rings is 1. The molecule has 0 aliphatic rings. The number of aliphatic hydroxyl groups excluding tert-OH is 1. The largest absolute Gasteiger partial charge is 0.463 e. The van der Waals surface area contributed by atoms with Gasteiger partial charge in [0.1, 0.15) is 0 Å². The normalized spacial score (nSPS) is 10.7. The third-order valence-corrected chi connectivity index (χ3v) is 2.06. The summed E-state index contributed by atoms with van der Waals surface area (Å²) in [5.41, 5.74) is 2.35. The van der Waals surface area contributed by atoms with Crippen LogP contribution in [-0.2, 0) is 16.1 Å². The third-order valence-electron chi connectivity index (χ3n) is 2.06. The SMILES string of the molecule is CCOC(=O)/C=C/c1cnc(CO)c(C)c1. The van der Waals surface area contributed by atoms with Crippen LogP contribution >= 0.6 is 0 Å². The van der Waals surface area contributed by atoms with Crippen LogP contribution in [-0.4, -0.2) is 22.7 Å². The van der Waals surface area contributed by atoms with E-state index in [2.05, 4.69) is 4.98 Å². The topological polar surface area (TPSA) is 59.4 Å². The van der Waals surface area contributed by atoms with E-state index < -0.39 is 0 Å². The smallest absolute Gasteiger partial charge is 0.330 e. The molecular formula is C12H15NO3. The van der Waals surface area contributed by atoms with E-state index in [-0.39, 0.29) is 12.6 Å². The van der Waals surface area contributed by atoms with Crippen molar-refractivity contribution < 1.29 is 14.6 Å². The molecule has 1 N–H and O–H groups in total. The standard InChI is InChI=1S/C12H15NO3/c1-3-16-12(15)5-4-10-6-9(2)11(8-14)13-7-10/h4-7,14H,3,8H2,1-2H3/b5-4+. The Balaban J connectivity index is 2.75. The van der Waals surface area contributed by atoms with Gasteiger partial charge in [-0.15, -0.1) is 0 Å². The first-order chi connectivity index (χ1) is 7.67. The summed E-state index contributed by atoms with van der Waals surface area (Å²) < 4.78 is 4.75. The van der Waals surface area contributed by atoms with Crippen LogP contribution in [0.4, 0.5) is 0 Å². The Hall–Kier alpha value is -1.68. The molecule has 0 aromatic carbocycles. The Morgan fingerprint density at radius 1 is 1.62 bits per heavy atom. The average Bonchev–Trinajstić information content (AvgIpc) is 2.27. The molecule has 0 aliphatic heterocycles. The third kappa shape index (κ3) is 3.47. The van der Waals surface area contributed by atoms with Crippen molar-refractivity contribution in [1.82, 2.24) is 4.98 Å². The van der Waals surface area contributed by atoms with Gasteiger partial charge in [-0.2, -0.15) is 0 Å². The molecule has 0 aliphatic carbocycles. The summed E-state index contributed by atoms with van der Waals surface area (Å²) >= 11 is 0. The molecule has 0 atom stereocenters. The van der Waals surface area contributed by atoms with E-state index in [1.807, 2.05) is 13.0 Å². The van der Waals surface area contributed by atoms with Crippen molar-refractivity contribution in [2.45, 2.75) is 20.5 Å². The van der Waals surface area contributed by atoms with Gasteiger partial charge in [-0.3, -0.25) is 4.98 Å². The lowest BCUT2D eigenvalue weighted by Crippen LogP contribution is -1.99. The monoisotopic (exact) mass is 221 g/mol. The number of hydrogen-bond donors (Lipinski definition) is 1. The van der Waals surface area contributed by atoms with Gasteiger partial charge in [-0.25, -0.2) is 4.79 Å². The quantitative estimate of drug-likeness (QED) is 0.617. The predicted octanol–water partition coefficient (Wildman–Crippen LogP) is 1.46. The summed E-state index contributed by atoms with van der Waals surface area (Å²) in [7, 11) is 0. The summed E-state index contributed by atoms with van der Waals surface area (Å²) in [6.07, 6.45) is 4.60. The summed E-state index contributed by atoms with van der Waals surface area (Å²) in [5, 5.41) is 8.94. The van der Waals surface area contributed by atoms with E-state index in [9.17, 15) is 4.79 Å². The number of carbonyl (C=O) groups is 1. The molecule has 1 rings (SSSR count). The van der Waals surface area contributed by atoms with Crippen LogP contribution < -0.4 is 0 Å². The molecule has 0 amide bonds. The average molecular weight is 221 g/mol. The van der Waals surface area contributed by atoms with Gasteiger partial charge in [-0.1, -0.05) is 0 Å². The molecule has 0 saturated carbocycles. The van der Waals surface area contributed by atoms with Crippen LogP contribution in [0, 0.1) is 6.92 Å². The molecule has 1 aromatic rings.